The van der Waals surface area contributed by atoms with Crippen molar-refractivity contribution < 1.29 is 20.4 Å². The molecule has 7 heteroatoms. The highest BCUT2D eigenvalue weighted by Crippen LogP contribution is 2.30. The predicted molar refractivity (Wildman–Crippen MR) is 96.9 cm³/mol. The highest BCUT2D eigenvalue weighted by Gasteiger charge is 2.16. The minimum atomic E-state index is -0.147. The van der Waals surface area contributed by atoms with Crippen molar-refractivity contribution >= 4 is 5.71 Å². The Kier molecular flexibility index (Phi) is 5.07. The van der Waals surface area contributed by atoms with Crippen LogP contribution in [-0.4, -0.2) is 42.2 Å². The molecule has 1 heterocycles. The first-order chi connectivity index (χ1) is 12.5. The lowest BCUT2D eigenvalue weighted by molar-refractivity contribution is 0.449. The molecular weight excluding hydrogens is 334 g/mol. The van der Waals surface area contributed by atoms with Crippen LogP contribution in [0.15, 0.2) is 60.1 Å². The predicted octanol–water partition coefficient (Wildman–Crippen LogP) is 2.63. The molecule has 0 aliphatic heterocycles. The molecule has 7 nitrogen and oxygen atoms in total. The number of nitrogens with zero attached hydrogens (tertiary/aromatic N) is 3. The maximum Gasteiger partial charge on any atom is 0.128 e. The Morgan fingerprint density at radius 1 is 0.923 bits per heavy atom. The number of rotatable bonds is 6. The van der Waals surface area contributed by atoms with Crippen LogP contribution >= 0.6 is 0 Å². The molecule has 0 unspecified atom stereocenters. The molecule has 3 aromatic rings. The van der Waals surface area contributed by atoms with Crippen molar-refractivity contribution in [3.8, 4) is 23.0 Å². The number of phenols is 4. The van der Waals surface area contributed by atoms with E-state index in [4.69, 9.17) is 0 Å². The van der Waals surface area contributed by atoms with Gasteiger partial charge >= 0.3 is 0 Å². The maximum atomic E-state index is 10.2. The van der Waals surface area contributed by atoms with Crippen molar-refractivity contribution in [3.63, 3.8) is 0 Å². The average molecular weight is 353 g/mol. The number of aromatic nitrogens is 2. The third kappa shape index (κ3) is 3.94. The van der Waals surface area contributed by atoms with Crippen LogP contribution in [0.2, 0.25) is 0 Å². The molecule has 0 aliphatic carbocycles. The van der Waals surface area contributed by atoms with Gasteiger partial charge < -0.3 is 25.0 Å². The molecule has 0 radical (unpaired) electrons. The lowest BCUT2D eigenvalue weighted by Crippen LogP contribution is -2.06. The van der Waals surface area contributed by atoms with Crippen molar-refractivity contribution in [3.05, 3.63) is 66.2 Å². The Bertz CT molecular complexity index is 867. The normalized spacial score (nSPS) is 10.6. The molecule has 0 saturated heterocycles. The summed E-state index contributed by atoms with van der Waals surface area (Å²) >= 11 is 0. The number of aromatic hydroxyl groups is 4. The van der Waals surface area contributed by atoms with E-state index in [9.17, 15) is 20.4 Å². The molecule has 0 atom stereocenters. The summed E-state index contributed by atoms with van der Waals surface area (Å²) in [5.74, 6) is -0.432. The molecule has 0 aliphatic rings. The second kappa shape index (κ2) is 7.60. The molecule has 0 fully saturated rings. The average Bonchev–Trinajstić information content (AvgIpc) is 3.10. The first kappa shape index (κ1) is 17.3. The smallest absolute Gasteiger partial charge is 0.128 e. The SMILES string of the molecule is Oc1ccc(C(=NCCCn2ccnc2)c2ccc(O)cc2O)c(O)c1. The summed E-state index contributed by atoms with van der Waals surface area (Å²) in [6, 6.07) is 8.37. The molecule has 0 bridgehead atoms. The summed E-state index contributed by atoms with van der Waals surface area (Å²) in [5, 5.41) is 39.4. The Morgan fingerprint density at radius 3 is 2.04 bits per heavy atom. The van der Waals surface area contributed by atoms with Crippen molar-refractivity contribution in [1.29, 1.82) is 0 Å². The summed E-state index contributed by atoms with van der Waals surface area (Å²) in [7, 11) is 0. The van der Waals surface area contributed by atoms with E-state index < -0.39 is 0 Å². The van der Waals surface area contributed by atoms with E-state index in [1.165, 1.54) is 36.4 Å². The van der Waals surface area contributed by atoms with E-state index in [-0.39, 0.29) is 23.0 Å². The summed E-state index contributed by atoms with van der Waals surface area (Å²) in [4.78, 5) is 8.53. The summed E-state index contributed by atoms with van der Waals surface area (Å²) in [5.41, 5.74) is 1.14. The van der Waals surface area contributed by atoms with Crippen molar-refractivity contribution in [1.82, 2.24) is 9.55 Å². The quantitative estimate of drug-likeness (QED) is 0.402. The molecule has 3 rings (SSSR count). The van der Waals surface area contributed by atoms with Crippen LogP contribution < -0.4 is 0 Å². The first-order valence-electron chi connectivity index (χ1n) is 8.09. The van der Waals surface area contributed by atoms with Gasteiger partial charge in [-0.05, 0) is 30.7 Å². The second-order valence-electron chi connectivity index (χ2n) is 5.79. The van der Waals surface area contributed by atoms with E-state index >= 15 is 0 Å². The monoisotopic (exact) mass is 353 g/mol. The fraction of sp³-hybridized carbons (Fsp3) is 0.158. The van der Waals surface area contributed by atoms with Crippen LogP contribution in [-0.2, 0) is 6.54 Å². The van der Waals surface area contributed by atoms with E-state index in [2.05, 4.69) is 9.98 Å². The Balaban J connectivity index is 1.91. The molecule has 4 N–H and O–H groups in total. The minimum absolute atomic E-state index is 0.0689. The molecule has 0 spiro atoms. The molecule has 26 heavy (non-hydrogen) atoms. The van der Waals surface area contributed by atoms with Crippen LogP contribution in [0.4, 0.5) is 0 Å². The van der Waals surface area contributed by atoms with Gasteiger partial charge in [0, 0.05) is 48.7 Å². The zero-order valence-corrected chi connectivity index (χ0v) is 13.9. The number of hydrogen-bond donors (Lipinski definition) is 4. The Labute approximate surface area is 150 Å². The zero-order valence-electron chi connectivity index (χ0n) is 13.9. The fourth-order valence-corrected chi connectivity index (χ4v) is 2.62. The standard InChI is InChI=1S/C19H19N3O4/c23-13-2-4-15(17(25)10-13)19(16-5-3-14(24)11-18(16)26)21-6-1-8-22-9-7-20-12-22/h2-5,7,9-12,23-26H,1,6,8H2. The zero-order chi connectivity index (χ0) is 18.5. The fourth-order valence-electron chi connectivity index (χ4n) is 2.62. The van der Waals surface area contributed by atoms with Gasteiger partial charge in [-0.15, -0.1) is 0 Å². The van der Waals surface area contributed by atoms with Gasteiger partial charge in [-0.2, -0.15) is 0 Å². The van der Waals surface area contributed by atoms with Crippen LogP contribution in [0.1, 0.15) is 17.5 Å². The van der Waals surface area contributed by atoms with Gasteiger partial charge in [0.1, 0.15) is 23.0 Å². The van der Waals surface area contributed by atoms with E-state index in [0.29, 0.717) is 23.4 Å². The molecule has 0 saturated carbocycles. The van der Waals surface area contributed by atoms with Crippen molar-refractivity contribution in [2.75, 3.05) is 6.54 Å². The number of imidazole rings is 1. The van der Waals surface area contributed by atoms with Crippen LogP contribution in [0.5, 0.6) is 23.0 Å². The topological polar surface area (TPSA) is 111 Å². The molecule has 134 valence electrons. The highest BCUT2D eigenvalue weighted by molar-refractivity contribution is 6.16. The van der Waals surface area contributed by atoms with Crippen LogP contribution in [0.25, 0.3) is 0 Å². The molecule has 2 aromatic carbocycles. The largest absolute Gasteiger partial charge is 0.508 e. The Hall–Kier alpha value is -3.48. The number of phenolic OH excluding ortho intramolecular Hbond substituents is 4. The second-order valence-corrected chi connectivity index (χ2v) is 5.79. The van der Waals surface area contributed by atoms with Crippen molar-refractivity contribution in [2.24, 2.45) is 4.99 Å². The summed E-state index contributed by atoms with van der Waals surface area (Å²) in [6.45, 7) is 1.19. The lowest BCUT2D eigenvalue weighted by atomic mass is 10.00. The van der Waals surface area contributed by atoms with Gasteiger partial charge in [0.15, 0.2) is 0 Å². The van der Waals surface area contributed by atoms with Gasteiger partial charge in [-0.25, -0.2) is 4.98 Å². The van der Waals surface area contributed by atoms with Gasteiger partial charge in [0.25, 0.3) is 0 Å². The van der Waals surface area contributed by atoms with Gasteiger partial charge in [-0.1, -0.05) is 0 Å². The van der Waals surface area contributed by atoms with Crippen LogP contribution in [0.3, 0.4) is 0 Å². The number of aryl methyl sites for hydroxylation is 1. The number of hydrogen-bond acceptors (Lipinski definition) is 6. The van der Waals surface area contributed by atoms with Crippen LogP contribution in [0, 0.1) is 0 Å². The summed E-state index contributed by atoms with van der Waals surface area (Å²) in [6.07, 6.45) is 6.03. The third-order valence-electron chi connectivity index (χ3n) is 3.88. The molecule has 1 aromatic heterocycles. The Morgan fingerprint density at radius 2 is 1.54 bits per heavy atom. The number of aliphatic imine (C=N–C) groups is 1. The summed E-state index contributed by atoms with van der Waals surface area (Å²) < 4.78 is 1.94. The van der Waals surface area contributed by atoms with Gasteiger partial charge in [0.2, 0.25) is 0 Å². The number of benzene rings is 2. The highest BCUT2D eigenvalue weighted by atomic mass is 16.3. The molecule has 0 amide bonds. The van der Waals surface area contributed by atoms with E-state index in [0.717, 1.165) is 13.0 Å². The van der Waals surface area contributed by atoms with Crippen molar-refractivity contribution in [2.45, 2.75) is 13.0 Å². The van der Waals surface area contributed by atoms with E-state index in [1.54, 1.807) is 12.5 Å². The first-order valence-corrected chi connectivity index (χ1v) is 8.09. The molecular formula is C19H19N3O4. The maximum absolute atomic E-state index is 10.2. The van der Waals surface area contributed by atoms with Gasteiger partial charge in [0.05, 0.1) is 12.0 Å². The van der Waals surface area contributed by atoms with Gasteiger partial charge in [-0.3, -0.25) is 4.99 Å². The van der Waals surface area contributed by atoms with E-state index in [1.807, 2.05) is 10.8 Å². The minimum Gasteiger partial charge on any atom is -0.508 e. The third-order valence-corrected chi connectivity index (χ3v) is 3.88. The lowest BCUT2D eigenvalue weighted by Gasteiger charge is -2.12.